The molecule has 0 saturated carbocycles. The van der Waals surface area contributed by atoms with Crippen LogP contribution in [-0.4, -0.2) is 20.0 Å². The highest BCUT2D eigenvalue weighted by atomic mass is 127. The van der Waals surface area contributed by atoms with Crippen molar-refractivity contribution in [1.29, 1.82) is 0 Å². The van der Waals surface area contributed by atoms with Crippen molar-refractivity contribution in [3.8, 4) is 0 Å². The highest BCUT2D eigenvalue weighted by Gasteiger charge is 2.26. The molecule has 1 aromatic rings. The van der Waals surface area contributed by atoms with Gasteiger partial charge in [0.15, 0.2) is 11.5 Å². The first-order valence-corrected chi connectivity index (χ1v) is 6.25. The lowest BCUT2D eigenvalue weighted by Gasteiger charge is -2.15. The maximum atomic E-state index is 11.6. The van der Waals surface area contributed by atoms with Crippen LogP contribution >= 0.6 is 22.6 Å². The predicted molar refractivity (Wildman–Crippen MR) is 67.5 cm³/mol. The van der Waals surface area contributed by atoms with Gasteiger partial charge in [0.2, 0.25) is 5.82 Å². The Bertz CT molecular complexity index is 507. The van der Waals surface area contributed by atoms with Crippen LogP contribution in [0.15, 0.2) is 32.3 Å². The summed E-state index contributed by atoms with van der Waals surface area (Å²) in [6.07, 6.45) is 0.815. The van der Waals surface area contributed by atoms with Crippen LogP contribution in [0.2, 0.25) is 0 Å². The van der Waals surface area contributed by atoms with Gasteiger partial charge in [-0.25, -0.2) is 0 Å². The van der Waals surface area contributed by atoms with Crippen molar-refractivity contribution in [3.63, 3.8) is 0 Å². The van der Waals surface area contributed by atoms with Gasteiger partial charge in [-0.3, -0.25) is 4.79 Å². The van der Waals surface area contributed by atoms with Crippen molar-refractivity contribution in [2.75, 3.05) is 0 Å². The minimum atomic E-state index is -0.197. The summed E-state index contributed by atoms with van der Waals surface area (Å²) in [5.41, 5.74) is 0.0265. The van der Waals surface area contributed by atoms with Crippen LogP contribution in [0.4, 0.5) is 5.82 Å². The number of azo groups is 1. The number of carbonyl (C=O) groups is 1. The fourth-order valence-electron chi connectivity index (χ4n) is 1.45. The van der Waals surface area contributed by atoms with E-state index in [9.17, 15) is 9.90 Å². The van der Waals surface area contributed by atoms with Crippen LogP contribution in [0.5, 0.6) is 0 Å². The Labute approximate surface area is 111 Å². The normalized spacial score (nSPS) is 21.5. The fraction of sp³-hybridized carbons (Fsp3) is 0.400. The van der Waals surface area contributed by atoms with Gasteiger partial charge in [-0.15, -0.1) is 10.2 Å². The van der Waals surface area contributed by atoms with Crippen molar-refractivity contribution in [3.05, 3.63) is 23.3 Å². The number of alkyl halides is 1. The monoisotopic (exact) mass is 347 g/mol. The van der Waals surface area contributed by atoms with Crippen LogP contribution in [0.3, 0.4) is 0 Å². The lowest BCUT2D eigenvalue weighted by molar-refractivity contribution is -0.116. The Morgan fingerprint density at radius 1 is 1.53 bits per heavy atom. The number of aliphatic hydroxyl groups excluding tert-OH is 1. The number of aliphatic hydroxyl groups is 1. The first kappa shape index (κ1) is 12.2. The minimum Gasteiger partial charge on any atom is -0.510 e. The summed E-state index contributed by atoms with van der Waals surface area (Å²) in [6, 6.07) is 1.59. The third-order valence-corrected chi connectivity index (χ3v) is 3.11. The summed E-state index contributed by atoms with van der Waals surface area (Å²) in [7, 11) is 0. The van der Waals surface area contributed by atoms with Crippen molar-refractivity contribution < 1.29 is 14.4 Å². The maximum absolute atomic E-state index is 11.6. The topological polar surface area (TPSA) is 88.0 Å². The molecule has 90 valence electrons. The van der Waals surface area contributed by atoms with Crippen molar-refractivity contribution >= 4 is 34.2 Å². The van der Waals surface area contributed by atoms with Gasteiger partial charge in [0.25, 0.3) is 0 Å². The Balaban J connectivity index is 2.20. The molecule has 1 aromatic heterocycles. The van der Waals surface area contributed by atoms with Crippen molar-refractivity contribution in [2.24, 2.45) is 10.2 Å². The third-order valence-electron chi connectivity index (χ3n) is 2.23. The van der Waals surface area contributed by atoms with Crippen LogP contribution in [0.1, 0.15) is 18.6 Å². The molecule has 1 aliphatic carbocycles. The molecule has 1 atom stereocenters. The molecule has 1 unspecified atom stereocenters. The smallest absolute Gasteiger partial charge is 0.216 e. The molecule has 17 heavy (non-hydrogen) atoms. The highest BCUT2D eigenvalue weighted by molar-refractivity contribution is 14.1. The average molecular weight is 347 g/mol. The highest BCUT2D eigenvalue weighted by Crippen LogP contribution is 2.27. The molecule has 0 fully saturated rings. The molecule has 1 N–H and O–H groups in total. The molecule has 0 bridgehead atoms. The predicted octanol–water partition coefficient (Wildman–Crippen LogP) is 3.00. The average Bonchev–Trinajstić information content (AvgIpc) is 2.62. The SMILES string of the molecule is Cc1cc(N=NC2=C(O)CC(I)CC2=O)no1. The Morgan fingerprint density at radius 2 is 2.29 bits per heavy atom. The minimum absolute atomic E-state index is 0.00961. The van der Waals surface area contributed by atoms with Gasteiger partial charge in [0, 0.05) is 22.8 Å². The van der Waals surface area contributed by atoms with Gasteiger partial charge in [-0.2, -0.15) is 0 Å². The molecular weight excluding hydrogens is 337 g/mol. The number of aromatic nitrogens is 1. The van der Waals surface area contributed by atoms with Gasteiger partial charge >= 0.3 is 0 Å². The molecule has 0 saturated heterocycles. The van der Waals surface area contributed by atoms with Gasteiger partial charge in [0.05, 0.1) is 0 Å². The van der Waals surface area contributed by atoms with Crippen LogP contribution in [0.25, 0.3) is 0 Å². The Kier molecular flexibility index (Phi) is 3.55. The van der Waals surface area contributed by atoms with Crippen molar-refractivity contribution in [2.45, 2.75) is 23.7 Å². The number of Topliss-reactive ketones (excluding diaryl/α,β-unsaturated/α-hetero) is 1. The number of ketones is 1. The quantitative estimate of drug-likeness (QED) is 0.506. The standard InChI is InChI=1S/C10H10IN3O3/c1-5-2-9(14-17-5)12-13-10-7(15)3-6(11)4-8(10)16/h2,6,15H,3-4H2,1H3. The number of hydrogen-bond acceptors (Lipinski definition) is 6. The van der Waals surface area contributed by atoms with E-state index in [4.69, 9.17) is 4.52 Å². The van der Waals surface area contributed by atoms with E-state index in [0.717, 1.165) is 0 Å². The van der Waals surface area contributed by atoms with Gasteiger partial charge in [-0.1, -0.05) is 27.7 Å². The number of halogens is 1. The molecule has 1 heterocycles. The number of allylic oxidation sites excluding steroid dienone is 2. The van der Waals surface area contributed by atoms with Gasteiger partial charge in [0.1, 0.15) is 11.5 Å². The van der Waals surface area contributed by atoms with Crippen LogP contribution in [-0.2, 0) is 4.79 Å². The fourth-order valence-corrected chi connectivity index (χ4v) is 2.27. The molecule has 0 amide bonds. The van der Waals surface area contributed by atoms with E-state index in [1.165, 1.54) is 0 Å². The molecular formula is C10H10IN3O3. The van der Waals surface area contributed by atoms with E-state index in [1.54, 1.807) is 13.0 Å². The number of hydrogen-bond donors (Lipinski definition) is 1. The zero-order valence-corrected chi connectivity index (χ0v) is 11.2. The summed E-state index contributed by atoms with van der Waals surface area (Å²) in [5.74, 6) is 0.688. The number of nitrogens with zero attached hydrogens (tertiary/aromatic N) is 3. The number of rotatable bonds is 2. The second-order valence-corrected chi connectivity index (χ2v) is 5.48. The molecule has 1 aliphatic rings. The van der Waals surface area contributed by atoms with Crippen molar-refractivity contribution in [1.82, 2.24) is 5.16 Å². The summed E-state index contributed by atoms with van der Waals surface area (Å²) in [6.45, 7) is 1.73. The summed E-state index contributed by atoms with van der Waals surface area (Å²) in [4.78, 5) is 11.6. The van der Waals surface area contributed by atoms with E-state index < -0.39 is 0 Å². The van der Waals surface area contributed by atoms with E-state index in [2.05, 4.69) is 38.0 Å². The first-order chi connectivity index (χ1) is 8.06. The molecule has 0 aliphatic heterocycles. The van der Waals surface area contributed by atoms with E-state index in [1.807, 2.05) is 0 Å². The number of carbonyl (C=O) groups excluding carboxylic acids is 1. The largest absolute Gasteiger partial charge is 0.510 e. The zero-order valence-electron chi connectivity index (χ0n) is 9.05. The van der Waals surface area contributed by atoms with Gasteiger partial charge < -0.3 is 9.63 Å². The second kappa shape index (κ2) is 4.94. The third kappa shape index (κ3) is 2.90. The number of aryl methyl sites for hydroxylation is 1. The van der Waals surface area contributed by atoms with Crippen LogP contribution < -0.4 is 0 Å². The maximum Gasteiger partial charge on any atom is 0.216 e. The van der Waals surface area contributed by atoms with E-state index >= 15 is 0 Å². The lowest BCUT2D eigenvalue weighted by atomic mass is 10.0. The molecule has 2 rings (SSSR count). The molecule has 0 aromatic carbocycles. The van der Waals surface area contributed by atoms with E-state index in [0.29, 0.717) is 18.6 Å². The Morgan fingerprint density at radius 3 is 2.88 bits per heavy atom. The van der Waals surface area contributed by atoms with Gasteiger partial charge in [-0.05, 0) is 6.92 Å². The first-order valence-electron chi connectivity index (χ1n) is 5.00. The summed E-state index contributed by atoms with van der Waals surface area (Å²) >= 11 is 2.13. The Hall–Kier alpha value is -1.25. The summed E-state index contributed by atoms with van der Waals surface area (Å²) < 4.78 is 4.93. The zero-order chi connectivity index (χ0) is 12.4. The van der Waals surface area contributed by atoms with E-state index in [-0.39, 0.29) is 27.0 Å². The molecule has 7 heteroatoms. The molecule has 0 radical (unpaired) electrons. The molecule has 6 nitrogen and oxygen atoms in total. The summed E-state index contributed by atoms with van der Waals surface area (Å²) in [5, 5.41) is 20.8. The second-order valence-electron chi connectivity index (χ2n) is 3.72. The molecule has 0 spiro atoms. The van der Waals surface area contributed by atoms with Crippen LogP contribution in [0, 0.1) is 6.92 Å². The lowest BCUT2D eigenvalue weighted by Crippen LogP contribution is -2.18.